The highest BCUT2D eigenvalue weighted by atomic mass is 16.5. The maximum atomic E-state index is 12.9. The first-order valence-corrected chi connectivity index (χ1v) is 11.1. The van der Waals surface area contributed by atoms with Crippen LogP contribution in [0.15, 0.2) is 97.3 Å². The molecular weight excluding hydrogens is 444 g/mol. The van der Waals surface area contributed by atoms with Gasteiger partial charge in [-0.05, 0) is 42.8 Å². The van der Waals surface area contributed by atoms with Gasteiger partial charge in [-0.2, -0.15) is 0 Å². The summed E-state index contributed by atoms with van der Waals surface area (Å²) in [6.45, 7) is 2.17. The third kappa shape index (κ3) is 4.34. The Hall–Kier alpha value is -4.58. The molecule has 0 radical (unpaired) electrons. The molecule has 0 bridgehead atoms. The van der Waals surface area contributed by atoms with Crippen LogP contribution in [0.25, 0.3) is 39.1 Å². The lowest BCUT2D eigenvalue weighted by molar-refractivity contribution is 0.360. The molecule has 0 aliphatic heterocycles. The summed E-state index contributed by atoms with van der Waals surface area (Å²) >= 11 is 0. The van der Waals surface area contributed by atoms with Gasteiger partial charge in [-0.1, -0.05) is 48.5 Å². The molecule has 5 rings (SSSR count). The molecule has 6 nitrogen and oxygen atoms in total. The van der Waals surface area contributed by atoms with Crippen LogP contribution in [-0.2, 0) is 0 Å². The third-order valence-corrected chi connectivity index (χ3v) is 5.79. The summed E-state index contributed by atoms with van der Waals surface area (Å²) in [4.78, 5) is 25.4. The van der Waals surface area contributed by atoms with E-state index in [1.165, 1.54) is 13.2 Å². The van der Waals surface area contributed by atoms with E-state index in [1.807, 2.05) is 67.6 Å². The summed E-state index contributed by atoms with van der Waals surface area (Å²) in [6.07, 6.45) is 3.89. The van der Waals surface area contributed by atoms with Gasteiger partial charge in [-0.3, -0.25) is 0 Å². The Labute approximate surface area is 200 Å². The van der Waals surface area contributed by atoms with Crippen molar-refractivity contribution in [2.24, 2.45) is 0 Å². The normalized spacial score (nSPS) is 11.4. The van der Waals surface area contributed by atoms with Crippen LogP contribution in [0.5, 0.6) is 11.5 Å². The Bertz CT molecular complexity index is 1680. The summed E-state index contributed by atoms with van der Waals surface area (Å²) < 4.78 is 22.3. The summed E-state index contributed by atoms with van der Waals surface area (Å²) in [5, 5.41) is 1.30. The fourth-order valence-electron chi connectivity index (χ4n) is 4.07. The number of hydrogen-bond acceptors (Lipinski definition) is 6. The van der Waals surface area contributed by atoms with Gasteiger partial charge in [0.2, 0.25) is 0 Å². The SMILES string of the molecule is COc1cccc2cc(-c3cc(=O)oc4c(C)c(OC/C=C/c5ccccc5)ccc34)c(=O)oc12. The minimum Gasteiger partial charge on any atom is -0.493 e. The largest absolute Gasteiger partial charge is 0.493 e. The van der Waals surface area contributed by atoms with Crippen LogP contribution < -0.4 is 20.7 Å². The molecule has 0 spiro atoms. The zero-order valence-electron chi connectivity index (χ0n) is 19.2. The van der Waals surface area contributed by atoms with Crippen molar-refractivity contribution in [3.05, 3.63) is 111 Å². The number of aryl methyl sites for hydroxylation is 1. The zero-order chi connectivity index (χ0) is 24.4. The quantitative estimate of drug-likeness (QED) is 0.287. The van der Waals surface area contributed by atoms with Crippen LogP contribution in [0.3, 0.4) is 0 Å². The summed E-state index contributed by atoms with van der Waals surface area (Å²) in [7, 11) is 1.51. The molecule has 2 heterocycles. The average Bonchev–Trinajstić information content (AvgIpc) is 2.87. The Morgan fingerprint density at radius 2 is 1.66 bits per heavy atom. The lowest BCUT2D eigenvalue weighted by Crippen LogP contribution is -2.07. The van der Waals surface area contributed by atoms with Crippen molar-refractivity contribution in [1.82, 2.24) is 0 Å². The number of benzene rings is 3. The zero-order valence-corrected chi connectivity index (χ0v) is 19.2. The second-order valence-corrected chi connectivity index (χ2v) is 7.99. The summed E-state index contributed by atoms with van der Waals surface area (Å²) in [6, 6.07) is 21.9. The van der Waals surface area contributed by atoms with Crippen LogP contribution in [0, 0.1) is 6.92 Å². The van der Waals surface area contributed by atoms with Gasteiger partial charge < -0.3 is 18.3 Å². The number of ether oxygens (including phenoxy) is 2. The first-order valence-electron chi connectivity index (χ1n) is 11.1. The maximum Gasteiger partial charge on any atom is 0.344 e. The molecule has 174 valence electrons. The predicted octanol–water partition coefficient (Wildman–Crippen LogP) is 5.98. The highest BCUT2D eigenvalue weighted by Crippen LogP contribution is 2.34. The number of para-hydroxylation sites is 1. The van der Waals surface area contributed by atoms with Crippen LogP contribution in [-0.4, -0.2) is 13.7 Å². The fraction of sp³-hybridized carbons (Fsp3) is 0.103. The predicted molar refractivity (Wildman–Crippen MR) is 136 cm³/mol. The second-order valence-electron chi connectivity index (χ2n) is 7.99. The van der Waals surface area contributed by atoms with Gasteiger partial charge in [0.15, 0.2) is 11.3 Å². The molecular formula is C29H22O6. The Kier molecular flexibility index (Phi) is 5.94. The van der Waals surface area contributed by atoms with Gasteiger partial charge in [0.1, 0.15) is 17.9 Å². The van der Waals surface area contributed by atoms with Crippen LogP contribution >= 0.6 is 0 Å². The van der Waals surface area contributed by atoms with Crippen molar-refractivity contribution in [1.29, 1.82) is 0 Å². The monoisotopic (exact) mass is 466 g/mol. The van der Waals surface area contributed by atoms with E-state index in [-0.39, 0.29) is 5.56 Å². The van der Waals surface area contributed by atoms with Crippen LogP contribution in [0.4, 0.5) is 0 Å². The fourth-order valence-corrected chi connectivity index (χ4v) is 4.07. The van der Waals surface area contributed by atoms with Crippen molar-refractivity contribution in [3.8, 4) is 22.6 Å². The van der Waals surface area contributed by atoms with Gasteiger partial charge in [0.05, 0.1) is 12.7 Å². The molecule has 0 aliphatic rings. The molecule has 0 unspecified atom stereocenters. The molecule has 35 heavy (non-hydrogen) atoms. The van der Waals surface area contributed by atoms with Crippen molar-refractivity contribution in [2.45, 2.75) is 6.92 Å². The van der Waals surface area contributed by atoms with Gasteiger partial charge in [0, 0.05) is 28.0 Å². The number of rotatable bonds is 6. The van der Waals surface area contributed by atoms with Crippen molar-refractivity contribution < 1.29 is 18.3 Å². The maximum absolute atomic E-state index is 12.9. The lowest BCUT2D eigenvalue weighted by Gasteiger charge is -2.12. The smallest absolute Gasteiger partial charge is 0.344 e. The average molecular weight is 466 g/mol. The van der Waals surface area contributed by atoms with Crippen molar-refractivity contribution >= 4 is 28.0 Å². The van der Waals surface area contributed by atoms with Gasteiger partial charge in [-0.15, -0.1) is 0 Å². The Morgan fingerprint density at radius 3 is 2.46 bits per heavy atom. The molecule has 0 saturated heterocycles. The van der Waals surface area contributed by atoms with E-state index in [1.54, 1.807) is 18.2 Å². The number of methoxy groups -OCH3 is 1. The molecule has 0 aliphatic carbocycles. The summed E-state index contributed by atoms with van der Waals surface area (Å²) in [5.41, 5.74) is 2.03. The number of fused-ring (bicyclic) bond motifs is 2. The van der Waals surface area contributed by atoms with Crippen LogP contribution in [0.1, 0.15) is 11.1 Å². The lowest BCUT2D eigenvalue weighted by atomic mass is 10.0. The van der Waals surface area contributed by atoms with Crippen molar-refractivity contribution in [3.63, 3.8) is 0 Å². The molecule has 6 heteroatoms. The molecule has 0 saturated carbocycles. The van der Waals surface area contributed by atoms with Crippen LogP contribution in [0.2, 0.25) is 0 Å². The van der Waals surface area contributed by atoms with E-state index in [2.05, 4.69) is 0 Å². The van der Waals surface area contributed by atoms with Gasteiger partial charge in [0.25, 0.3) is 0 Å². The molecule has 3 aromatic carbocycles. The van der Waals surface area contributed by atoms with E-state index in [0.29, 0.717) is 51.2 Å². The van der Waals surface area contributed by atoms with Gasteiger partial charge >= 0.3 is 11.3 Å². The molecule has 0 amide bonds. The third-order valence-electron chi connectivity index (χ3n) is 5.79. The Morgan fingerprint density at radius 1 is 0.829 bits per heavy atom. The van der Waals surface area contributed by atoms with E-state index >= 15 is 0 Å². The van der Waals surface area contributed by atoms with E-state index in [0.717, 1.165) is 5.56 Å². The topological polar surface area (TPSA) is 78.9 Å². The molecule has 2 aromatic heterocycles. The first-order chi connectivity index (χ1) is 17.0. The summed E-state index contributed by atoms with van der Waals surface area (Å²) in [5.74, 6) is 1.05. The van der Waals surface area contributed by atoms with Crippen molar-refractivity contribution in [2.75, 3.05) is 13.7 Å². The van der Waals surface area contributed by atoms with Gasteiger partial charge in [-0.25, -0.2) is 9.59 Å². The van der Waals surface area contributed by atoms with E-state index < -0.39 is 11.3 Å². The minimum absolute atomic E-state index is 0.266. The standard InChI is InChI=1S/C29H22O6/c1-18-24(33-15-7-10-19-8-4-3-5-9-19)14-13-21-22(17-26(30)34-27(18)21)23-16-20-11-6-12-25(32-2)28(20)35-29(23)31/h3-14,16-17H,15H2,1-2H3/b10-7+. The van der Waals surface area contributed by atoms with E-state index in [4.69, 9.17) is 18.3 Å². The molecule has 0 fully saturated rings. The molecule has 5 aromatic rings. The van der Waals surface area contributed by atoms with E-state index in [9.17, 15) is 9.59 Å². The highest BCUT2D eigenvalue weighted by Gasteiger charge is 2.17. The molecule has 0 atom stereocenters. The highest BCUT2D eigenvalue weighted by molar-refractivity contribution is 5.97. The minimum atomic E-state index is -0.571. The number of hydrogen-bond donors (Lipinski definition) is 0. The first kappa shape index (κ1) is 22.2. The second kappa shape index (κ2) is 9.35. The Balaban J connectivity index is 1.54. The molecule has 0 N–H and O–H groups in total.